The first-order chi connectivity index (χ1) is 17.7. The van der Waals surface area contributed by atoms with E-state index in [4.69, 9.17) is 4.74 Å². The highest BCUT2D eigenvalue weighted by Crippen LogP contribution is 2.46. The molecule has 3 rings (SSSR count). The van der Waals surface area contributed by atoms with E-state index in [0.29, 0.717) is 21.5 Å². The van der Waals surface area contributed by atoms with E-state index >= 15 is 8.78 Å². The topological polar surface area (TPSA) is 156 Å². The maximum atomic E-state index is 15.2. The Bertz CT molecular complexity index is 1310. The lowest BCUT2D eigenvalue weighted by Gasteiger charge is -2.25. The molecule has 2 unspecified atom stereocenters. The van der Waals surface area contributed by atoms with Crippen LogP contribution in [0.3, 0.4) is 0 Å². The minimum absolute atomic E-state index is 0.0935. The number of alkyl halides is 8. The number of nitrogens with zero attached hydrogens (tertiary/aromatic N) is 3. The Balaban J connectivity index is 1.90. The molecule has 0 bridgehead atoms. The lowest BCUT2D eigenvalue weighted by atomic mass is 10.1. The lowest BCUT2D eigenvalue weighted by molar-refractivity contribution is -0.720. The molecule has 0 radical (unpaired) electrons. The smallest absolute Gasteiger partial charge is 0.490 e. The van der Waals surface area contributed by atoms with E-state index in [1.54, 1.807) is 0 Å². The highest BCUT2D eigenvalue weighted by atomic mass is 31.2. The molecule has 39 heavy (non-hydrogen) atoms. The van der Waals surface area contributed by atoms with Crippen LogP contribution in [0.15, 0.2) is 29.5 Å². The number of halogens is 8. The zero-order valence-corrected chi connectivity index (χ0v) is 19.8. The zero-order chi connectivity index (χ0) is 29.6. The van der Waals surface area contributed by atoms with Gasteiger partial charge in [0.2, 0.25) is 12.4 Å². The van der Waals surface area contributed by atoms with Gasteiger partial charge in [0.15, 0.2) is 12.3 Å². The summed E-state index contributed by atoms with van der Waals surface area (Å²) < 4.78 is 132. The van der Waals surface area contributed by atoms with E-state index in [-0.39, 0.29) is 4.57 Å². The Hall–Kier alpha value is -3.26. The molecular weight excluding hydrogens is 585 g/mol. The minimum atomic E-state index is -5.77. The van der Waals surface area contributed by atoms with Crippen molar-refractivity contribution in [3.05, 3.63) is 35.1 Å². The molecule has 1 aromatic rings. The van der Waals surface area contributed by atoms with Gasteiger partial charge >= 0.3 is 49.9 Å². The number of anilines is 1. The number of aromatic nitrogens is 2. The molecule has 2 aliphatic heterocycles. The van der Waals surface area contributed by atoms with Crippen LogP contribution in [0.2, 0.25) is 0 Å². The molecule has 1 fully saturated rings. The van der Waals surface area contributed by atoms with Gasteiger partial charge in [-0.15, -0.1) is 0 Å². The summed E-state index contributed by atoms with van der Waals surface area (Å²) in [6.45, 7) is -1.43. The molecule has 0 aliphatic carbocycles. The first kappa shape index (κ1) is 30.3. The van der Waals surface area contributed by atoms with Crippen molar-refractivity contribution in [2.75, 3.05) is 19.0 Å². The zero-order valence-electron chi connectivity index (χ0n) is 18.9. The summed E-state index contributed by atoms with van der Waals surface area (Å²) in [4.78, 5) is 50.2. The molecule has 13 nitrogen and oxygen atoms in total. The van der Waals surface area contributed by atoms with Gasteiger partial charge in [0.25, 0.3) is 0 Å². The van der Waals surface area contributed by atoms with E-state index in [0.717, 1.165) is 12.5 Å². The Kier molecular flexibility index (Phi) is 8.06. The highest BCUT2D eigenvalue weighted by molar-refractivity contribution is 7.44. The lowest BCUT2D eigenvalue weighted by Crippen LogP contribution is -3.02. The SMILES string of the molecule is C[NH+]1C=C[N+](P(=O)([O-])OC[C@H]2O[C@@H](n3ccc(NC(=O)C(F)(F)F)nc3=O)C(F)(F)[C@@H]2OC(=O)C(F)(F)F)=C1. The molecule has 0 aromatic carbocycles. The van der Waals surface area contributed by atoms with Crippen LogP contribution in [0.1, 0.15) is 6.23 Å². The third-order valence-corrected chi connectivity index (χ3v) is 6.20. The Morgan fingerprint density at radius 3 is 2.44 bits per heavy atom. The fraction of sp³-hybridized carbons (Fsp3) is 0.471. The monoisotopic (exact) mass is 600 g/mol. The van der Waals surface area contributed by atoms with Crippen LogP contribution in [0.5, 0.6) is 0 Å². The van der Waals surface area contributed by atoms with E-state index in [1.807, 2.05) is 0 Å². The average Bonchev–Trinajstić information content (AvgIpc) is 3.33. The van der Waals surface area contributed by atoms with Gasteiger partial charge in [-0.25, -0.2) is 19.1 Å². The first-order valence-electron chi connectivity index (χ1n) is 10.1. The van der Waals surface area contributed by atoms with E-state index < -0.39 is 74.4 Å². The fourth-order valence-electron chi connectivity index (χ4n) is 3.15. The van der Waals surface area contributed by atoms with E-state index in [9.17, 15) is 50.2 Å². The quantitative estimate of drug-likeness (QED) is 0.234. The Labute approximate surface area is 210 Å². The Morgan fingerprint density at radius 2 is 1.92 bits per heavy atom. The van der Waals surface area contributed by atoms with E-state index in [2.05, 4.69) is 14.2 Å². The van der Waals surface area contributed by atoms with Gasteiger partial charge < -0.3 is 19.7 Å². The molecular formula is C17H15F8N5O8P+. The predicted molar refractivity (Wildman–Crippen MR) is 104 cm³/mol. The van der Waals surface area contributed by atoms with Crippen molar-refractivity contribution in [3.8, 4) is 0 Å². The molecule has 2 aliphatic rings. The van der Waals surface area contributed by atoms with Gasteiger partial charge in [-0.3, -0.25) is 13.9 Å². The molecule has 22 heteroatoms. The van der Waals surface area contributed by atoms with Gasteiger partial charge in [-0.1, -0.05) is 4.35 Å². The summed E-state index contributed by atoms with van der Waals surface area (Å²) in [5.74, 6) is -11.4. The number of nitrogens with one attached hydrogen (secondary N) is 2. The van der Waals surface area contributed by atoms with Crippen molar-refractivity contribution in [2.45, 2.75) is 36.7 Å². The van der Waals surface area contributed by atoms with Gasteiger partial charge in [0, 0.05) is 6.20 Å². The standard InChI is InChI=1S/C17H14F8N5O8P/c1-28-4-5-29(7-28)39(34,35)36-6-8-10(38-13(32)17(23,24)25)15(18,19)12(37-8)30-3-2-9(27-14(30)33)26-11(31)16(20,21)22/h2-5,7-8,10,12H,6H2,1H3,(H-,26,27,31,33,34,35)/p+1/t8-,10-,12-/m1/s1. The van der Waals surface area contributed by atoms with Crippen LogP contribution >= 0.6 is 7.75 Å². The van der Waals surface area contributed by atoms with Crippen LogP contribution in [0.25, 0.3) is 0 Å². The molecule has 0 spiro atoms. The summed E-state index contributed by atoms with van der Waals surface area (Å²) in [5.41, 5.74) is -1.78. The second-order valence-corrected chi connectivity index (χ2v) is 9.47. The highest BCUT2D eigenvalue weighted by Gasteiger charge is 2.64. The van der Waals surface area contributed by atoms with Crippen molar-refractivity contribution in [2.24, 2.45) is 0 Å². The van der Waals surface area contributed by atoms with Gasteiger partial charge in [-0.2, -0.15) is 40.1 Å². The number of hydrogen-bond acceptors (Lipinski definition) is 9. The van der Waals surface area contributed by atoms with Crippen LogP contribution in [0, 0.1) is 0 Å². The fourth-order valence-corrected chi connectivity index (χ4v) is 4.18. The largest absolute Gasteiger partial charge is 0.721 e. The molecule has 3 heterocycles. The number of esters is 1. The number of carbonyl (C=O) groups is 2. The maximum Gasteiger partial charge on any atom is 0.490 e. The molecule has 1 aromatic heterocycles. The summed E-state index contributed by atoms with van der Waals surface area (Å²) in [5, 5.41) is 1.18. The van der Waals surface area contributed by atoms with E-state index in [1.165, 1.54) is 18.6 Å². The van der Waals surface area contributed by atoms with Crippen molar-refractivity contribution >= 4 is 31.8 Å². The van der Waals surface area contributed by atoms with Gasteiger partial charge in [0.1, 0.15) is 11.9 Å². The van der Waals surface area contributed by atoms with Crippen LogP contribution in [-0.2, 0) is 28.2 Å². The molecule has 1 saturated heterocycles. The summed E-state index contributed by atoms with van der Waals surface area (Å²) in [6, 6.07) is 0.450. The molecule has 0 saturated carbocycles. The normalized spacial score (nSPS) is 26.2. The number of ether oxygens (including phenoxy) is 2. The predicted octanol–water partition coefficient (Wildman–Crippen LogP) is -0.724. The molecule has 5 atom stereocenters. The maximum absolute atomic E-state index is 15.2. The number of amides is 1. The first-order valence-corrected chi connectivity index (χ1v) is 11.6. The van der Waals surface area contributed by atoms with Crippen molar-refractivity contribution < 1.29 is 77.4 Å². The number of quaternary nitrogens is 1. The molecule has 2 N–H and O–H groups in total. The van der Waals surface area contributed by atoms with Crippen molar-refractivity contribution in [3.63, 3.8) is 0 Å². The second-order valence-electron chi connectivity index (χ2n) is 7.81. The number of carbonyl (C=O) groups excluding carboxylic acids is 2. The minimum Gasteiger partial charge on any atom is -0.721 e. The molecule has 216 valence electrons. The third-order valence-electron chi connectivity index (χ3n) is 4.91. The van der Waals surface area contributed by atoms with Crippen molar-refractivity contribution in [1.82, 2.24) is 9.55 Å². The van der Waals surface area contributed by atoms with Crippen LogP contribution in [-0.4, -0.2) is 76.2 Å². The average molecular weight is 600 g/mol. The van der Waals surface area contributed by atoms with Crippen LogP contribution < -0.4 is 20.8 Å². The Morgan fingerprint density at radius 1 is 1.28 bits per heavy atom. The summed E-state index contributed by atoms with van der Waals surface area (Å²) in [6.07, 6.45) is -16.0. The summed E-state index contributed by atoms with van der Waals surface area (Å²) >= 11 is 0. The van der Waals surface area contributed by atoms with Gasteiger partial charge in [-0.05, 0) is 6.07 Å². The third kappa shape index (κ3) is 6.67. The van der Waals surface area contributed by atoms with Gasteiger partial charge in [0.05, 0.1) is 13.7 Å². The number of hydrogen-bond donors (Lipinski definition) is 2. The molecule has 1 amide bonds. The van der Waals surface area contributed by atoms with Crippen molar-refractivity contribution in [1.29, 1.82) is 0 Å². The second kappa shape index (κ2) is 10.4. The number of rotatable bonds is 7. The summed E-state index contributed by atoms with van der Waals surface area (Å²) in [7, 11) is -3.59. The van der Waals surface area contributed by atoms with Crippen LogP contribution in [0.4, 0.5) is 40.9 Å².